The van der Waals surface area contributed by atoms with Crippen LogP contribution in [0.1, 0.15) is 13.8 Å². The fourth-order valence-corrected chi connectivity index (χ4v) is 2.25. The van der Waals surface area contributed by atoms with Crippen molar-refractivity contribution >= 4 is 23.5 Å². The second kappa shape index (κ2) is 10.5. The molecule has 0 spiro atoms. The summed E-state index contributed by atoms with van der Waals surface area (Å²) in [7, 11) is 0. The van der Waals surface area contributed by atoms with E-state index in [9.17, 15) is 0 Å². The van der Waals surface area contributed by atoms with Crippen molar-refractivity contribution in [1.29, 1.82) is 0 Å². The molecule has 2 aromatic heterocycles. The van der Waals surface area contributed by atoms with Gasteiger partial charge >= 0.3 is 0 Å². The minimum absolute atomic E-state index is 0.0972. The van der Waals surface area contributed by atoms with Crippen LogP contribution in [0.2, 0.25) is 5.15 Å². The summed E-state index contributed by atoms with van der Waals surface area (Å²) in [6, 6.07) is 3.26. The minimum atomic E-state index is 0.0972. The molecule has 2 saturated heterocycles. The number of nitrogens with zero attached hydrogens (tertiary/aromatic N) is 4. The van der Waals surface area contributed by atoms with Crippen molar-refractivity contribution in [2.24, 2.45) is 10.8 Å². The van der Waals surface area contributed by atoms with Crippen LogP contribution in [0.15, 0.2) is 24.5 Å². The number of aromatic nitrogens is 4. The first-order valence-corrected chi connectivity index (χ1v) is 9.33. The number of rotatable bonds is 4. The number of halogens is 1. The molecule has 0 aromatic carbocycles. The molecule has 0 atom stereocenters. The molecule has 0 unspecified atom stereocenters. The molecule has 29 heavy (non-hydrogen) atoms. The number of hydrogen-bond acceptors (Lipinski definition) is 10. The molecule has 11 heteroatoms. The van der Waals surface area contributed by atoms with Gasteiger partial charge in [-0.3, -0.25) is 0 Å². The van der Waals surface area contributed by atoms with E-state index in [0.717, 1.165) is 26.4 Å². The summed E-state index contributed by atoms with van der Waals surface area (Å²) in [6.07, 6.45) is 3.09. The van der Waals surface area contributed by atoms with Gasteiger partial charge < -0.3 is 30.8 Å². The van der Waals surface area contributed by atoms with Crippen molar-refractivity contribution in [2.75, 3.05) is 51.1 Å². The summed E-state index contributed by atoms with van der Waals surface area (Å²) >= 11 is 5.41. The highest BCUT2D eigenvalue weighted by Gasteiger charge is 2.34. The van der Waals surface area contributed by atoms with E-state index in [0.29, 0.717) is 17.6 Å². The third-order valence-corrected chi connectivity index (χ3v) is 4.25. The lowest BCUT2D eigenvalue weighted by molar-refractivity contribution is -0.125. The van der Waals surface area contributed by atoms with Gasteiger partial charge in [0.25, 0.3) is 0 Å². The number of aliphatic hydroxyl groups excluding tert-OH is 1. The van der Waals surface area contributed by atoms with Crippen LogP contribution in [0.3, 0.4) is 0 Å². The largest absolute Gasteiger partial charge is 0.477 e. The van der Waals surface area contributed by atoms with E-state index >= 15 is 0 Å². The maximum absolute atomic E-state index is 8.57. The van der Waals surface area contributed by atoms with Gasteiger partial charge in [-0.1, -0.05) is 25.4 Å². The van der Waals surface area contributed by atoms with Crippen molar-refractivity contribution in [2.45, 2.75) is 13.8 Å². The molecule has 0 amide bonds. The Bertz CT molecular complexity index is 751. The van der Waals surface area contributed by atoms with Gasteiger partial charge in [0.15, 0.2) is 0 Å². The Morgan fingerprint density at radius 1 is 1.00 bits per heavy atom. The number of ether oxygens (including phenoxy) is 3. The molecule has 160 valence electrons. The first-order chi connectivity index (χ1) is 13.7. The maximum Gasteiger partial charge on any atom is 0.223 e. The van der Waals surface area contributed by atoms with E-state index < -0.39 is 0 Å². The Morgan fingerprint density at radius 2 is 1.55 bits per heavy atom. The van der Waals surface area contributed by atoms with E-state index in [2.05, 4.69) is 26.9 Å². The number of nitrogens with two attached hydrogens (primary N) is 2. The smallest absolute Gasteiger partial charge is 0.223 e. The predicted molar refractivity (Wildman–Crippen MR) is 108 cm³/mol. The van der Waals surface area contributed by atoms with Crippen molar-refractivity contribution in [3.8, 4) is 5.88 Å². The minimum Gasteiger partial charge on any atom is -0.477 e. The number of anilines is 2. The number of aliphatic hydroxyl groups is 1. The van der Waals surface area contributed by atoms with Crippen molar-refractivity contribution < 1.29 is 19.3 Å². The van der Waals surface area contributed by atoms with Gasteiger partial charge in [0.2, 0.25) is 17.8 Å². The Morgan fingerprint density at radius 3 is 1.90 bits per heavy atom. The van der Waals surface area contributed by atoms with Crippen molar-refractivity contribution in [3.63, 3.8) is 0 Å². The van der Waals surface area contributed by atoms with Gasteiger partial charge in [0, 0.05) is 29.3 Å². The quantitative estimate of drug-likeness (QED) is 0.608. The number of hydrogen-bond donors (Lipinski definition) is 3. The van der Waals surface area contributed by atoms with E-state index in [1.54, 1.807) is 18.3 Å². The van der Waals surface area contributed by atoms with Crippen LogP contribution in [0.5, 0.6) is 5.88 Å². The van der Waals surface area contributed by atoms with Crippen LogP contribution in [0.4, 0.5) is 11.9 Å². The Hall–Kier alpha value is -2.27. The topological polar surface area (TPSA) is 152 Å². The highest BCUT2D eigenvalue weighted by molar-refractivity contribution is 6.29. The third-order valence-electron chi connectivity index (χ3n) is 4.04. The predicted octanol–water partition coefficient (Wildman–Crippen LogP) is 1.20. The second-order valence-electron chi connectivity index (χ2n) is 7.54. The first-order valence-electron chi connectivity index (χ1n) is 8.95. The zero-order valence-corrected chi connectivity index (χ0v) is 17.3. The summed E-state index contributed by atoms with van der Waals surface area (Å²) in [6.45, 7) is 7.92. The summed E-state index contributed by atoms with van der Waals surface area (Å²) in [5.41, 5.74) is 10.8. The van der Waals surface area contributed by atoms with E-state index in [1.807, 2.05) is 6.92 Å². The van der Waals surface area contributed by atoms with Crippen LogP contribution in [0.25, 0.3) is 0 Å². The molecule has 0 radical (unpaired) electrons. The second-order valence-corrected chi connectivity index (χ2v) is 7.93. The van der Waals surface area contributed by atoms with Gasteiger partial charge in [-0.2, -0.15) is 4.98 Å². The zero-order chi connectivity index (χ0) is 21.3. The van der Waals surface area contributed by atoms with Gasteiger partial charge in [0.1, 0.15) is 5.15 Å². The standard InChI is InChI=1S/C9H13N3O2.C5H10O2.C4H4ClN3/c1-9(4-13-5-9)6-14-7-2-3-11-8(10)12-7;1-5(2-6)3-7-4-5;5-3-1-2-7-4(6)8-3/h2-3H,4-6H2,1H3,(H2,10,11,12);6H,2-4H2,1H3;1-2H,(H2,6,7,8). The molecule has 2 fully saturated rings. The SMILES string of the molecule is CC1(CO)COC1.CC1(COc2ccnc(N)n2)COC1.Nc1nccc(Cl)n1. The van der Waals surface area contributed by atoms with Crippen molar-refractivity contribution in [1.82, 2.24) is 19.9 Å². The highest BCUT2D eigenvalue weighted by Crippen LogP contribution is 2.27. The van der Waals surface area contributed by atoms with E-state index in [4.69, 9.17) is 42.4 Å². The lowest BCUT2D eigenvalue weighted by Crippen LogP contribution is -2.44. The van der Waals surface area contributed by atoms with Crippen molar-refractivity contribution in [3.05, 3.63) is 29.7 Å². The molecule has 4 heterocycles. The highest BCUT2D eigenvalue weighted by atomic mass is 35.5. The lowest BCUT2D eigenvalue weighted by Gasteiger charge is -2.37. The molecular weight excluding hydrogens is 400 g/mol. The van der Waals surface area contributed by atoms with E-state index in [1.165, 1.54) is 6.20 Å². The zero-order valence-electron chi connectivity index (χ0n) is 16.5. The number of nitrogen functional groups attached to an aromatic ring is 2. The summed E-state index contributed by atoms with van der Waals surface area (Å²) < 4.78 is 15.5. The molecule has 10 nitrogen and oxygen atoms in total. The summed E-state index contributed by atoms with van der Waals surface area (Å²) in [4.78, 5) is 14.9. The fraction of sp³-hybridized carbons (Fsp3) is 0.556. The van der Waals surface area contributed by atoms with Gasteiger partial charge in [-0.05, 0) is 6.07 Å². The average Bonchev–Trinajstić information content (AvgIpc) is 2.64. The molecule has 2 aromatic rings. The van der Waals surface area contributed by atoms with Crippen LogP contribution >= 0.6 is 11.6 Å². The molecule has 0 aliphatic carbocycles. The van der Waals surface area contributed by atoms with Crippen LogP contribution in [0, 0.1) is 10.8 Å². The van der Waals surface area contributed by atoms with Gasteiger partial charge in [0.05, 0.1) is 39.6 Å². The third kappa shape index (κ3) is 7.94. The molecule has 4 rings (SSSR count). The molecule has 5 N–H and O–H groups in total. The maximum atomic E-state index is 8.57. The van der Waals surface area contributed by atoms with E-state index in [-0.39, 0.29) is 29.3 Å². The Kier molecular flexibility index (Phi) is 8.32. The molecule has 2 aliphatic heterocycles. The molecule has 2 aliphatic rings. The Labute approximate surface area is 174 Å². The normalized spacial score (nSPS) is 17.9. The summed E-state index contributed by atoms with van der Waals surface area (Å²) in [5, 5.41) is 8.94. The Balaban J connectivity index is 0.000000170. The molecule has 0 saturated carbocycles. The van der Waals surface area contributed by atoms with Gasteiger partial charge in [-0.25, -0.2) is 15.0 Å². The van der Waals surface area contributed by atoms with Crippen LogP contribution in [-0.4, -0.2) is 64.7 Å². The van der Waals surface area contributed by atoms with Gasteiger partial charge in [-0.15, -0.1) is 0 Å². The molecule has 0 bridgehead atoms. The molecular formula is C18H27ClN6O4. The summed E-state index contributed by atoms with van der Waals surface area (Å²) in [5.74, 6) is 0.959. The average molecular weight is 427 g/mol. The van der Waals surface area contributed by atoms with Crippen LogP contribution < -0.4 is 16.2 Å². The lowest BCUT2D eigenvalue weighted by atomic mass is 9.90. The van der Waals surface area contributed by atoms with Crippen LogP contribution in [-0.2, 0) is 9.47 Å². The fourth-order valence-electron chi connectivity index (χ4n) is 2.11. The first kappa shape index (κ1) is 23.0. The monoisotopic (exact) mass is 426 g/mol.